The summed E-state index contributed by atoms with van der Waals surface area (Å²) in [5, 5.41) is 71.8. The van der Waals surface area contributed by atoms with Crippen molar-refractivity contribution in [2.45, 2.75) is 216 Å². The Morgan fingerprint density at radius 1 is 0.525 bits per heavy atom. The zero-order valence-electron chi connectivity index (χ0n) is 36.9. The summed E-state index contributed by atoms with van der Waals surface area (Å²) in [7, 11) is 0. The van der Waals surface area contributed by atoms with Crippen molar-refractivity contribution < 1.29 is 73.8 Å². The van der Waals surface area contributed by atoms with E-state index in [2.05, 4.69) is 50.3 Å². The minimum absolute atomic E-state index is 0.160. The van der Waals surface area contributed by atoms with Gasteiger partial charge >= 0.3 is 11.9 Å². The van der Waals surface area contributed by atoms with Crippen molar-refractivity contribution in [2.75, 3.05) is 26.4 Å². The molecule has 0 aromatic heterocycles. The van der Waals surface area contributed by atoms with Crippen LogP contribution in [-0.2, 0) is 38.0 Å². The number of unbranched alkanes of at least 4 members (excludes halogenated alkanes) is 14. The van der Waals surface area contributed by atoms with E-state index < -0.39 is 92.7 Å². The van der Waals surface area contributed by atoms with E-state index in [1.54, 1.807) is 0 Å². The summed E-state index contributed by atoms with van der Waals surface area (Å²) in [6, 6.07) is 0. The van der Waals surface area contributed by atoms with Crippen LogP contribution in [0.2, 0.25) is 0 Å². The molecule has 2 saturated heterocycles. The summed E-state index contributed by atoms with van der Waals surface area (Å²) in [4.78, 5) is 25.5. The summed E-state index contributed by atoms with van der Waals surface area (Å²) < 4.78 is 33.4. The first-order chi connectivity index (χ1) is 29.5. The van der Waals surface area contributed by atoms with Crippen LogP contribution in [0.5, 0.6) is 0 Å². The molecule has 354 valence electrons. The molecule has 0 radical (unpaired) electrons. The van der Waals surface area contributed by atoms with Crippen molar-refractivity contribution in [3.8, 4) is 0 Å². The monoisotopic (exact) mass is 873 g/mol. The highest BCUT2D eigenvalue weighted by molar-refractivity contribution is 5.70. The molecule has 11 atom stereocenters. The highest BCUT2D eigenvalue weighted by Gasteiger charge is 2.47. The number of ether oxygens (including phenoxy) is 6. The average molecular weight is 873 g/mol. The molecule has 0 aromatic rings. The smallest absolute Gasteiger partial charge is 0.306 e. The van der Waals surface area contributed by atoms with Crippen molar-refractivity contribution in [1.82, 2.24) is 0 Å². The number of aliphatic hydroxyl groups is 7. The Hall–Kier alpha value is -2.28. The van der Waals surface area contributed by atoms with E-state index >= 15 is 0 Å². The van der Waals surface area contributed by atoms with Gasteiger partial charge in [-0.05, 0) is 51.4 Å². The number of aliphatic hydroxyl groups excluding tert-OH is 7. The van der Waals surface area contributed by atoms with Crippen LogP contribution in [0.15, 0.2) is 36.5 Å². The fourth-order valence-electron chi connectivity index (χ4n) is 6.99. The van der Waals surface area contributed by atoms with Crippen LogP contribution in [0.1, 0.15) is 149 Å². The van der Waals surface area contributed by atoms with Gasteiger partial charge in [-0.1, -0.05) is 121 Å². The second kappa shape index (κ2) is 34.2. The van der Waals surface area contributed by atoms with Crippen molar-refractivity contribution >= 4 is 11.9 Å². The van der Waals surface area contributed by atoms with Gasteiger partial charge in [0.25, 0.3) is 0 Å². The van der Waals surface area contributed by atoms with Gasteiger partial charge in [-0.25, -0.2) is 0 Å². The molecule has 2 rings (SSSR count). The van der Waals surface area contributed by atoms with Crippen molar-refractivity contribution in [2.24, 2.45) is 0 Å². The van der Waals surface area contributed by atoms with E-state index in [4.69, 9.17) is 28.4 Å². The quantitative estimate of drug-likeness (QED) is 0.0257. The van der Waals surface area contributed by atoms with E-state index in [0.29, 0.717) is 12.8 Å². The maximum Gasteiger partial charge on any atom is 0.306 e. The first-order valence-corrected chi connectivity index (χ1v) is 23.1. The third kappa shape index (κ3) is 23.3. The molecule has 0 amide bonds. The molecule has 2 heterocycles. The maximum atomic E-state index is 12.9. The van der Waals surface area contributed by atoms with E-state index in [9.17, 15) is 45.3 Å². The number of hydrogen-bond donors (Lipinski definition) is 7. The van der Waals surface area contributed by atoms with Crippen LogP contribution in [0.4, 0.5) is 0 Å². The normalized spacial score (nSPS) is 27.6. The maximum absolute atomic E-state index is 12.9. The fraction of sp³-hybridized carbons (Fsp3) is 0.826. The highest BCUT2D eigenvalue weighted by atomic mass is 16.7. The minimum Gasteiger partial charge on any atom is -0.462 e. The van der Waals surface area contributed by atoms with Gasteiger partial charge in [-0.15, -0.1) is 0 Å². The number of rotatable bonds is 34. The van der Waals surface area contributed by atoms with Crippen LogP contribution >= 0.6 is 0 Å². The van der Waals surface area contributed by atoms with Gasteiger partial charge in [0.05, 0.1) is 19.8 Å². The Morgan fingerprint density at radius 3 is 1.57 bits per heavy atom. The Kier molecular flexibility index (Phi) is 30.7. The van der Waals surface area contributed by atoms with Gasteiger partial charge in [0.2, 0.25) is 0 Å². The zero-order chi connectivity index (χ0) is 44.7. The van der Waals surface area contributed by atoms with Gasteiger partial charge in [0, 0.05) is 12.8 Å². The number of carbonyl (C=O) groups is 2. The van der Waals surface area contributed by atoms with Gasteiger partial charge < -0.3 is 64.2 Å². The van der Waals surface area contributed by atoms with E-state index in [0.717, 1.165) is 70.6 Å². The Morgan fingerprint density at radius 2 is 0.984 bits per heavy atom. The highest BCUT2D eigenvalue weighted by Crippen LogP contribution is 2.26. The van der Waals surface area contributed by atoms with E-state index in [-0.39, 0.29) is 26.1 Å². The predicted molar refractivity (Wildman–Crippen MR) is 229 cm³/mol. The Balaban J connectivity index is 1.83. The molecule has 15 heteroatoms. The molecule has 4 unspecified atom stereocenters. The number of carbonyl (C=O) groups excluding carboxylic acids is 2. The minimum atomic E-state index is -1.77. The van der Waals surface area contributed by atoms with Crippen molar-refractivity contribution in [3.05, 3.63) is 36.5 Å². The second-order valence-corrected chi connectivity index (χ2v) is 16.2. The molecule has 15 nitrogen and oxygen atoms in total. The van der Waals surface area contributed by atoms with Crippen LogP contribution in [0, 0.1) is 0 Å². The van der Waals surface area contributed by atoms with Gasteiger partial charge in [-0.3, -0.25) is 9.59 Å². The van der Waals surface area contributed by atoms with E-state index in [1.807, 2.05) is 0 Å². The lowest BCUT2D eigenvalue weighted by Crippen LogP contribution is -2.61. The zero-order valence-corrected chi connectivity index (χ0v) is 36.9. The molecule has 0 bridgehead atoms. The molecule has 7 N–H and O–H groups in total. The molecule has 0 aliphatic carbocycles. The summed E-state index contributed by atoms with van der Waals surface area (Å²) >= 11 is 0. The standard InChI is InChI=1S/C46H80O15/c1-3-5-7-9-11-13-14-15-16-17-18-19-20-21-23-24-26-28-37(48)56-31-34(59-38(49)29-27-25-22-12-10-8-6-4-2)32-57-45-44(55)42(53)40(51)36(61-45)33-58-46-43(54)41(52)39(50)35(30-47)60-46/h11,13,15-16,18-19,34-36,39-47,50-55H,3-10,12,14,17,20-33H2,1-2H3/b13-11+,16-15+,19-18+/t34-,35+,36+,39-,40-,41?,42?,43?,44?,45+,46+/m0/s1. The van der Waals surface area contributed by atoms with Crippen LogP contribution in [0.3, 0.4) is 0 Å². The van der Waals surface area contributed by atoms with E-state index in [1.165, 1.54) is 38.5 Å². The Bertz CT molecular complexity index is 1210. The predicted octanol–water partition coefficient (Wildman–Crippen LogP) is 4.98. The lowest BCUT2D eigenvalue weighted by Gasteiger charge is -2.42. The average Bonchev–Trinajstić information content (AvgIpc) is 3.25. The topological polar surface area (TPSA) is 231 Å². The fourth-order valence-corrected chi connectivity index (χ4v) is 6.99. The van der Waals surface area contributed by atoms with Crippen LogP contribution in [-0.4, -0.2) is 142 Å². The second-order valence-electron chi connectivity index (χ2n) is 16.2. The molecule has 2 fully saturated rings. The lowest BCUT2D eigenvalue weighted by molar-refractivity contribution is -0.332. The lowest BCUT2D eigenvalue weighted by atomic mass is 9.98. The van der Waals surface area contributed by atoms with Gasteiger partial charge in [0.1, 0.15) is 55.4 Å². The summed E-state index contributed by atoms with van der Waals surface area (Å²) in [5.41, 5.74) is 0. The molecule has 0 saturated carbocycles. The molecular formula is C46H80O15. The molecule has 0 spiro atoms. The summed E-state index contributed by atoms with van der Waals surface area (Å²) in [5.74, 6) is -0.957. The first kappa shape index (κ1) is 54.9. The number of hydrogen-bond acceptors (Lipinski definition) is 15. The molecule has 2 aliphatic heterocycles. The molecular weight excluding hydrogens is 792 g/mol. The number of esters is 2. The van der Waals surface area contributed by atoms with Gasteiger partial charge in [-0.2, -0.15) is 0 Å². The summed E-state index contributed by atoms with van der Waals surface area (Å²) in [6.07, 6.45) is 16.3. The third-order valence-corrected chi connectivity index (χ3v) is 10.9. The van der Waals surface area contributed by atoms with Crippen molar-refractivity contribution in [3.63, 3.8) is 0 Å². The third-order valence-electron chi connectivity index (χ3n) is 10.9. The van der Waals surface area contributed by atoms with Crippen molar-refractivity contribution in [1.29, 1.82) is 0 Å². The molecule has 0 aromatic carbocycles. The Labute approximate surface area is 364 Å². The number of allylic oxidation sites excluding steroid dienone is 6. The first-order valence-electron chi connectivity index (χ1n) is 23.1. The van der Waals surface area contributed by atoms with Crippen LogP contribution < -0.4 is 0 Å². The SMILES string of the molecule is CCCCC/C=C/C/C=C/C/C=C/CCCCCCC(=O)OC[C@@H](CO[C@@H]1O[C@H](CO[C@@H]2O[C@H](CO)[C@H](O)C(O)C2O)[C@H](O)C(O)C1O)OC(=O)CCCCCCCCCC. The van der Waals surface area contributed by atoms with Crippen LogP contribution in [0.25, 0.3) is 0 Å². The molecule has 2 aliphatic rings. The largest absolute Gasteiger partial charge is 0.462 e. The van der Waals surface area contributed by atoms with Gasteiger partial charge in [0.15, 0.2) is 18.7 Å². The summed E-state index contributed by atoms with van der Waals surface area (Å²) in [6.45, 7) is 2.47. The molecule has 61 heavy (non-hydrogen) atoms.